The third-order valence-corrected chi connectivity index (χ3v) is 6.02. The van der Waals surface area contributed by atoms with Crippen LogP contribution < -0.4 is 10.6 Å². The summed E-state index contributed by atoms with van der Waals surface area (Å²) in [6.45, 7) is 8.28. The topological polar surface area (TPSA) is 41.1 Å². The van der Waals surface area contributed by atoms with Crippen LogP contribution in [0.4, 0.5) is 0 Å². The molecule has 0 spiro atoms. The Balaban J connectivity index is 1.93. The van der Waals surface area contributed by atoms with Gasteiger partial charge in [-0.1, -0.05) is 13.8 Å². The molecule has 1 aromatic heterocycles. The molecule has 1 atom stereocenters. The van der Waals surface area contributed by atoms with E-state index in [1.54, 1.807) is 0 Å². The van der Waals surface area contributed by atoms with E-state index < -0.39 is 0 Å². The van der Waals surface area contributed by atoms with Gasteiger partial charge in [0.2, 0.25) is 0 Å². The largest absolute Gasteiger partial charge is 0.350 e. The highest BCUT2D eigenvalue weighted by atomic mass is 79.9. The number of hydrogen-bond donors (Lipinski definition) is 2. The van der Waals surface area contributed by atoms with E-state index in [9.17, 15) is 4.79 Å². The summed E-state index contributed by atoms with van der Waals surface area (Å²) in [7, 11) is 0. The molecule has 1 aliphatic heterocycles. The summed E-state index contributed by atoms with van der Waals surface area (Å²) in [6, 6.07) is 2.29. The summed E-state index contributed by atoms with van der Waals surface area (Å²) in [5.74, 6) is 0.0296. The second kappa shape index (κ2) is 5.94. The molecule has 3 nitrogen and oxygen atoms in total. The lowest BCUT2D eigenvalue weighted by molar-refractivity contribution is 0.0933. The van der Waals surface area contributed by atoms with Crippen LogP contribution in [0.3, 0.4) is 0 Å². The Morgan fingerprint density at radius 2 is 2.37 bits per heavy atom. The highest BCUT2D eigenvalue weighted by Crippen LogP contribution is 2.30. The number of rotatable bonds is 3. The van der Waals surface area contributed by atoms with Crippen LogP contribution >= 0.6 is 27.3 Å². The Bertz CT molecular complexity index is 451. The van der Waals surface area contributed by atoms with Gasteiger partial charge in [-0.2, -0.15) is 0 Å². The van der Waals surface area contributed by atoms with Gasteiger partial charge in [-0.25, -0.2) is 0 Å². The van der Waals surface area contributed by atoms with Gasteiger partial charge in [0.05, 0.1) is 8.66 Å². The number of aryl methyl sites for hydroxylation is 1. The van der Waals surface area contributed by atoms with E-state index in [0.29, 0.717) is 12.6 Å². The van der Waals surface area contributed by atoms with Crippen molar-refractivity contribution >= 4 is 33.2 Å². The molecule has 1 saturated heterocycles. The van der Waals surface area contributed by atoms with Gasteiger partial charge in [-0.3, -0.25) is 4.79 Å². The Labute approximate surface area is 127 Å². The molecule has 0 saturated carbocycles. The predicted molar refractivity (Wildman–Crippen MR) is 83.9 cm³/mol. The Morgan fingerprint density at radius 1 is 1.63 bits per heavy atom. The van der Waals surface area contributed by atoms with E-state index in [0.717, 1.165) is 20.8 Å². The van der Waals surface area contributed by atoms with Crippen molar-refractivity contribution in [2.75, 3.05) is 13.1 Å². The summed E-state index contributed by atoms with van der Waals surface area (Å²) >= 11 is 4.95. The summed E-state index contributed by atoms with van der Waals surface area (Å²) < 4.78 is 1.04. The molecule has 2 N–H and O–H groups in total. The number of thiophene rings is 1. The summed E-state index contributed by atoms with van der Waals surface area (Å²) in [4.78, 5) is 12.9. The van der Waals surface area contributed by atoms with Crippen LogP contribution in [0.1, 0.15) is 41.9 Å². The molecule has 0 bridgehead atoms. The zero-order chi connectivity index (χ0) is 14.0. The summed E-state index contributed by atoms with van der Waals surface area (Å²) in [6.07, 6.45) is 2.43. The van der Waals surface area contributed by atoms with Crippen LogP contribution in [0.5, 0.6) is 0 Å². The molecular formula is C14H21BrN2OS. The number of piperidine rings is 1. The van der Waals surface area contributed by atoms with Crippen LogP contribution in [-0.4, -0.2) is 25.0 Å². The minimum absolute atomic E-state index is 0.0296. The Hall–Kier alpha value is -0.390. The second-order valence-corrected chi connectivity index (χ2v) is 8.25. The maximum absolute atomic E-state index is 12.1. The summed E-state index contributed by atoms with van der Waals surface area (Å²) in [5.41, 5.74) is 1.36. The molecule has 0 aliphatic carbocycles. The fourth-order valence-corrected chi connectivity index (χ4v) is 3.92. The number of carbonyl (C=O) groups excluding carboxylic acids is 1. The standard InChI is InChI=1S/C14H21BrN2OS/c1-9-7-10(19-12(9)15)13(18)17-8-11-14(2,3)5-4-6-16-11/h7,11,16H,4-6,8H2,1-3H3,(H,17,18). The van der Waals surface area contributed by atoms with Crippen LogP contribution in [0.2, 0.25) is 0 Å². The van der Waals surface area contributed by atoms with Gasteiger partial charge in [0.1, 0.15) is 0 Å². The fourth-order valence-electron chi connectivity index (χ4n) is 2.47. The molecule has 1 aliphatic rings. The van der Waals surface area contributed by atoms with Crippen LogP contribution in [0.15, 0.2) is 9.85 Å². The van der Waals surface area contributed by atoms with Gasteiger partial charge in [0.25, 0.3) is 5.91 Å². The van der Waals surface area contributed by atoms with Crippen molar-refractivity contribution in [3.8, 4) is 0 Å². The molecule has 1 amide bonds. The van der Waals surface area contributed by atoms with Crippen molar-refractivity contribution in [2.45, 2.75) is 39.7 Å². The lowest BCUT2D eigenvalue weighted by Gasteiger charge is -2.39. The first kappa shape index (κ1) is 15.0. The molecule has 0 radical (unpaired) electrons. The number of carbonyl (C=O) groups is 1. The smallest absolute Gasteiger partial charge is 0.261 e. The van der Waals surface area contributed by atoms with Crippen molar-refractivity contribution in [1.29, 1.82) is 0 Å². The normalized spacial score (nSPS) is 22.2. The molecule has 5 heteroatoms. The predicted octanol–water partition coefficient (Wildman–Crippen LogP) is 3.33. The quantitative estimate of drug-likeness (QED) is 0.882. The van der Waals surface area contributed by atoms with Gasteiger partial charge >= 0.3 is 0 Å². The minimum atomic E-state index is 0.0296. The highest BCUT2D eigenvalue weighted by molar-refractivity contribution is 9.11. The zero-order valence-corrected chi connectivity index (χ0v) is 14.1. The van der Waals surface area contributed by atoms with Gasteiger partial charge in [-0.05, 0) is 59.3 Å². The van der Waals surface area contributed by atoms with Crippen LogP contribution in [0, 0.1) is 12.3 Å². The van der Waals surface area contributed by atoms with Gasteiger partial charge < -0.3 is 10.6 Å². The van der Waals surface area contributed by atoms with Crippen LogP contribution in [-0.2, 0) is 0 Å². The van der Waals surface area contributed by atoms with E-state index in [1.807, 2.05) is 13.0 Å². The average molecular weight is 345 g/mol. The van der Waals surface area contributed by atoms with Crippen LogP contribution in [0.25, 0.3) is 0 Å². The van der Waals surface area contributed by atoms with Gasteiger partial charge in [0, 0.05) is 12.6 Å². The van der Waals surface area contributed by atoms with Crippen molar-refractivity contribution < 1.29 is 4.79 Å². The lowest BCUT2D eigenvalue weighted by Crippen LogP contribution is -2.52. The first-order valence-corrected chi connectivity index (χ1v) is 8.28. The second-order valence-electron chi connectivity index (χ2n) is 5.88. The van der Waals surface area contributed by atoms with E-state index in [4.69, 9.17) is 0 Å². The third kappa shape index (κ3) is 3.58. The molecule has 2 heterocycles. The monoisotopic (exact) mass is 344 g/mol. The fraction of sp³-hybridized carbons (Fsp3) is 0.643. The van der Waals surface area contributed by atoms with Crippen molar-refractivity contribution in [3.05, 3.63) is 20.3 Å². The number of halogens is 1. The number of hydrogen-bond acceptors (Lipinski definition) is 3. The number of nitrogens with one attached hydrogen (secondary N) is 2. The highest BCUT2D eigenvalue weighted by Gasteiger charge is 2.32. The molecule has 19 heavy (non-hydrogen) atoms. The lowest BCUT2D eigenvalue weighted by atomic mass is 9.77. The first-order chi connectivity index (χ1) is 8.90. The number of amides is 1. The maximum Gasteiger partial charge on any atom is 0.261 e. The van der Waals surface area contributed by atoms with Gasteiger partial charge in [-0.15, -0.1) is 11.3 Å². The molecule has 2 rings (SSSR count). The van der Waals surface area contributed by atoms with Crippen molar-refractivity contribution in [3.63, 3.8) is 0 Å². The molecular weight excluding hydrogens is 324 g/mol. The van der Waals surface area contributed by atoms with E-state index in [1.165, 1.54) is 24.2 Å². The molecule has 0 aromatic carbocycles. The van der Waals surface area contributed by atoms with Gasteiger partial charge in [0.15, 0.2) is 0 Å². The molecule has 1 aromatic rings. The van der Waals surface area contributed by atoms with E-state index in [2.05, 4.69) is 40.4 Å². The molecule has 1 unspecified atom stereocenters. The maximum atomic E-state index is 12.1. The Morgan fingerprint density at radius 3 is 2.95 bits per heavy atom. The van der Waals surface area contributed by atoms with Crippen molar-refractivity contribution in [1.82, 2.24) is 10.6 Å². The summed E-state index contributed by atoms with van der Waals surface area (Å²) in [5, 5.41) is 6.57. The zero-order valence-electron chi connectivity index (χ0n) is 11.7. The van der Waals surface area contributed by atoms with E-state index >= 15 is 0 Å². The minimum Gasteiger partial charge on any atom is -0.350 e. The average Bonchev–Trinajstić information content (AvgIpc) is 2.67. The van der Waals surface area contributed by atoms with Crippen molar-refractivity contribution in [2.24, 2.45) is 5.41 Å². The third-order valence-electron chi connectivity index (χ3n) is 3.88. The molecule has 106 valence electrons. The SMILES string of the molecule is Cc1cc(C(=O)NCC2NCCCC2(C)C)sc1Br. The first-order valence-electron chi connectivity index (χ1n) is 6.67. The Kier molecular flexibility index (Phi) is 4.69. The van der Waals surface area contributed by atoms with E-state index in [-0.39, 0.29) is 11.3 Å². The molecule has 1 fully saturated rings.